The van der Waals surface area contributed by atoms with Gasteiger partial charge in [0.2, 0.25) is 5.91 Å². The van der Waals surface area contributed by atoms with Gasteiger partial charge in [0.25, 0.3) is 0 Å². The van der Waals surface area contributed by atoms with Crippen molar-refractivity contribution >= 4 is 18.3 Å². The molecule has 0 fully saturated rings. The molecule has 0 aliphatic rings. The van der Waals surface area contributed by atoms with Crippen molar-refractivity contribution < 1.29 is 4.79 Å². The van der Waals surface area contributed by atoms with E-state index >= 15 is 0 Å². The Labute approximate surface area is 79.7 Å². The molecule has 0 aliphatic heterocycles. The molecule has 0 unspecified atom stereocenters. The van der Waals surface area contributed by atoms with E-state index in [1.165, 1.54) is 0 Å². The third-order valence-corrected chi connectivity index (χ3v) is 1.25. The molecule has 0 saturated carbocycles. The molecule has 0 aromatic rings. The Morgan fingerprint density at radius 3 is 2.25 bits per heavy atom. The first-order chi connectivity index (χ1) is 4.98. The Kier molecular flexibility index (Phi) is 7.37. The smallest absolute Gasteiger partial charge is 0.239 e. The van der Waals surface area contributed by atoms with Crippen molar-refractivity contribution in [3.05, 3.63) is 0 Å². The van der Waals surface area contributed by atoms with Gasteiger partial charge in [-0.2, -0.15) is 0 Å². The quantitative estimate of drug-likeness (QED) is 0.529. The van der Waals surface area contributed by atoms with E-state index in [1.807, 2.05) is 7.05 Å². The molecule has 4 nitrogen and oxygen atoms in total. The molecule has 0 aromatic carbocycles. The second-order valence-electron chi connectivity index (χ2n) is 3.08. The molecule has 0 heterocycles. The van der Waals surface area contributed by atoms with E-state index in [4.69, 9.17) is 5.73 Å². The van der Waals surface area contributed by atoms with Crippen molar-refractivity contribution in [2.24, 2.45) is 5.73 Å². The fourth-order valence-electron chi connectivity index (χ4n) is 0.529. The van der Waals surface area contributed by atoms with Crippen LogP contribution in [0.2, 0.25) is 0 Å². The van der Waals surface area contributed by atoms with Gasteiger partial charge in [0.05, 0.1) is 5.54 Å². The third-order valence-electron chi connectivity index (χ3n) is 1.25. The summed E-state index contributed by atoms with van der Waals surface area (Å²) in [6.07, 6.45) is 0. The highest BCUT2D eigenvalue weighted by molar-refractivity contribution is 5.85. The Balaban J connectivity index is 0. The SMILES string of the molecule is CNCCNC(=O)C(C)(C)N.Cl. The van der Waals surface area contributed by atoms with E-state index in [9.17, 15) is 4.79 Å². The minimum absolute atomic E-state index is 0. The number of rotatable bonds is 4. The second-order valence-corrected chi connectivity index (χ2v) is 3.08. The van der Waals surface area contributed by atoms with Gasteiger partial charge in [0.1, 0.15) is 0 Å². The number of nitrogens with two attached hydrogens (primary N) is 1. The maximum absolute atomic E-state index is 11.1. The Morgan fingerprint density at radius 2 is 1.92 bits per heavy atom. The highest BCUT2D eigenvalue weighted by Crippen LogP contribution is 1.94. The minimum atomic E-state index is -0.770. The van der Waals surface area contributed by atoms with Gasteiger partial charge in [-0.25, -0.2) is 0 Å². The first-order valence-electron chi connectivity index (χ1n) is 3.70. The van der Waals surface area contributed by atoms with E-state index in [2.05, 4.69) is 10.6 Å². The van der Waals surface area contributed by atoms with E-state index in [-0.39, 0.29) is 18.3 Å². The van der Waals surface area contributed by atoms with E-state index in [0.717, 1.165) is 6.54 Å². The highest BCUT2D eigenvalue weighted by Gasteiger charge is 2.20. The van der Waals surface area contributed by atoms with Crippen LogP contribution in [0.3, 0.4) is 0 Å². The molecular weight excluding hydrogens is 178 g/mol. The van der Waals surface area contributed by atoms with E-state index in [1.54, 1.807) is 13.8 Å². The molecular formula is C7H18ClN3O. The standard InChI is InChI=1S/C7H17N3O.ClH/c1-7(2,8)6(11)10-5-4-9-3;/h9H,4-5,8H2,1-3H3,(H,10,11);1H. The predicted molar refractivity (Wildman–Crippen MR) is 52.5 cm³/mol. The van der Waals surface area contributed by atoms with Crippen molar-refractivity contribution in [2.45, 2.75) is 19.4 Å². The maximum Gasteiger partial charge on any atom is 0.239 e. The Bertz CT molecular complexity index is 133. The Hall–Kier alpha value is -0.320. The number of hydrogen-bond donors (Lipinski definition) is 3. The van der Waals surface area contributed by atoms with Gasteiger partial charge < -0.3 is 16.4 Å². The summed E-state index contributed by atoms with van der Waals surface area (Å²) >= 11 is 0. The molecule has 12 heavy (non-hydrogen) atoms. The zero-order valence-electron chi connectivity index (χ0n) is 7.81. The summed E-state index contributed by atoms with van der Waals surface area (Å²) in [5.74, 6) is -0.118. The molecule has 0 saturated heterocycles. The summed E-state index contributed by atoms with van der Waals surface area (Å²) in [5, 5.41) is 5.62. The zero-order valence-corrected chi connectivity index (χ0v) is 8.62. The van der Waals surface area contributed by atoms with Crippen LogP contribution in [0.25, 0.3) is 0 Å². The number of amides is 1. The molecule has 0 radical (unpaired) electrons. The van der Waals surface area contributed by atoms with Crippen molar-refractivity contribution in [3.8, 4) is 0 Å². The largest absolute Gasteiger partial charge is 0.353 e. The molecule has 0 atom stereocenters. The van der Waals surface area contributed by atoms with Gasteiger partial charge in [-0.15, -0.1) is 12.4 Å². The number of carbonyl (C=O) groups is 1. The average Bonchev–Trinajstić information content (AvgIpc) is 1.86. The van der Waals surface area contributed by atoms with Crippen molar-refractivity contribution in [2.75, 3.05) is 20.1 Å². The van der Waals surface area contributed by atoms with Crippen LogP contribution >= 0.6 is 12.4 Å². The summed E-state index contributed by atoms with van der Waals surface area (Å²) < 4.78 is 0. The second kappa shape index (κ2) is 6.22. The summed E-state index contributed by atoms with van der Waals surface area (Å²) in [6, 6.07) is 0. The number of hydrogen-bond acceptors (Lipinski definition) is 3. The van der Waals surface area contributed by atoms with Crippen molar-refractivity contribution in [3.63, 3.8) is 0 Å². The number of likely N-dealkylation sites (N-methyl/N-ethyl adjacent to an activating group) is 1. The van der Waals surface area contributed by atoms with Crippen LogP contribution < -0.4 is 16.4 Å². The van der Waals surface area contributed by atoms with Crippen LogP contribution in [0.4, 0.5) is 0 Å². The van der Waals surface area contributed by atoms with Gasteiger partial charge in [-0.05, 0) is 20.9 Å². The molecule has 1 amide bonds. The molecule has 0 spiro atoms. The fraction of sp³-hybridized carbons (Fsp3) is 0.857. The van der Waals surface area contributed by atoms with Crippen LogP contribution in [-0.4, -0.2) is 31.6 Å². The first-order valence-corrected chi connectivity index (χ1v) is 3.70. The predicted octanol–water partition coefficient (Wildman–Crippen LogP) is -0.519. The Morgan fingerprint density at radius 1 is 1.42 bits per heavy atom. The lowest BCUT2D eigenvalue weighted by Gasteiger charge is -2.17. The van der Waals surface area contributed by atoms with Crippen LogP contribution in [0.5, 0.6) is 0 Å². The zero-order chi connectivity index (χ0) is 8.91. The monoisotopic (exact) mass is 195 g/mol. The van der Waals surface area contributed by atoms with Gasteiger partial charge in [0.15, 0.2) is 0 Å². The van der Waals surface area contributed by atoms with Crippen LogP contribution in [0, 0.1) is 0 Å². The van der Waals surface area contributed by atoms with Gasteiger partial charge in [-0.1, -0.05) is 0 Å². The van der Waals surface area contributed by atoms with E-state index in [0.29, 0.717) is 6.54 Å². The molecule has 4 N–H and O–H groups in total. The molecule has 74 valence electrons. The van der Waals surface area contributed by atoms with Gasteiger partial charge in [-0.3, -0.25) is 4.79 Å². The van der Waals surface area contributed by atoms with Gasteiger partial charge >= 0.3 is 0 Å². The molecule has 0 bridgehead atoms. The maximum atomic E-state index is 11.1. The van der Waals surface area contributed by atoms with Crippen LogP contribution in [0.15, 0.2) is 0 Å². The topological polar surface area (TPSA) is 67.1 Å². The lowest BCUT2D eigenvalue weighted by molar-refractivity contribution is -0.125. The number of carbonyl (C=O) groups excluding carboxylic acids is 1. The first kappa shape index (κ1) is 14.2. The van der Waals surface area contributed by atoms with Crippen molar-refractivity contribution in [1.82, 2.24) is 10.6 Å². The summed E-state index contributed by atoms with van der Waals surface area (Å²) in [4.78, 5) is 11.1. The van der Waals surface area contributed by atoms with Crippen LogP contribution in [0.1, 0.15) is 13.8 Å². The van der Waals surface area contributed by atoms with Crippen LogP contribution in [-0.2, 0) is 4.79 Å². The normalized spacial score (nSPS) is 10.3. The molecule has 5 heteroatoms. The van der Waals surface area contributed by atoms with E-state index < -0.39 is 5.54 Å². The lowest BCUT2D eigenvalue weighted by Crippen LogP contribution is -2.50. The minimum Gasteiger partial charge on any atom is -0.353 e. The molecule has 0 aliphatic carbocycles. The highest BCUT2D eigenvalue weighted by atomic mass is 35.5. The number of nitrogens with one attached hydrogen (secondary N) is 2. The van der Waals surface area contributed by atoms with Crippen molar-refractivity contribution in [1.29, 1.82) is 0 Å². The molecule has 0 rings (SSSR count). The number of halogens is 1. The average molecular weight is 196 g/mol. The lowest BCUT2D eigenvalue weighted by atomic mass is 10.1. The van der Waals surface area contributed by atoms with Gasteiger partial charge in [0, 0.05) is 13.1 Å². The fourth-order valence-corrected chi connectivity index (χ4v) is 0.529. The summed E-state index contributed by atoms with van der Waals surface area (Å²) in [6.45, 7) is 4.75. The summed E-state index contributed by atoms with van der Waals surface area (Å²) in [5.41, 5.74) is 4.76. The summed E-state index contributed by atoms with van der Waals surface area (Å²) in [7, 11) is 1.83. The molecule has 0 aromatic heterocycles. The third kappa shape index (κ3) is 6.39.